The Morgan fingerprint density at radius 1 is 1.47 bits per heavy atom. The summed E-state index contributed by atoms with van der Waals surface area (Å²) in [6, 6.07) is 5.61. The molecule has 1 aliphatic carbocycles. The van der Waals surface area contributed by atoms with Crippen molar-refractivity contribution in [2.24, 2.45) is 0 Å². The van der Waals surface area contributed by atoms with Gasteiger partial charge in [-0.1, -0.05) is 11.6 Å². The van der Waals surface area contributed by atoms with E-state index in [4.69, 9.17) is 11.6 Å². The average molecular weight is 337 g/mol. The summed E-state index contributed by atoms with van der Waals surface area (Å²) in [5.74, 6) is 0. The van der Waals surface area contributed by atoms with E-state index in [1.54, 1.807) is 12.1 Å². The summed E-state index contributed by atoms with van der Waals surface area (Å²) in [5.41, 5.74) is 0.790. The van der Waals surface area contributed by atoms with Crippen molar-refractivity contribution >= 4 is 45.9 Å². The lowest BCUT2D eigenvalue weighted by molar-refractivity contribution is 0.251. The lowest BCUT2D eigenvalue weighted by Crippen LogP contribution is -2.30. The topological polar surface area (TPSA) is 41.1 Å². The highest BCUT2D eigenvalue weighted by molar-refractivity contribution is 14.1. The molecule has 0 bridgehead atoms. The summed E-state index contributed by atoms with van der Waals surface area (Å²) in [4.78, 5) is 11.4. The van der Waals surface area contributed by atoms with Crippen molar-refractivity contribution in [2.75, 3.05) is 5.32 Å². The number of urea groups is 1. The first-order valence-electron chi connectivity index (χ1n) is 4.68. The normalized spacial score (nSPS) is 14.8. The van der Waals surface area contributed by atoms with Crippen LogP contribution in [0.15, 0.2) is 18.2 Å². The number of rotatable bonds is 2. The van der Waals surface area contributed by atoms with Crippen molar-refractivity contribution in [3.8, 4) is 0 Å². The molecule has 0 atom stereocenters. The second-order valence-corrected chi connectivity index (χ2v) is 5.10. The Hall–Kier alpha value is -0.490. The highest BCUT2D eigenvalue weighted by Gasteiger charge is 2.23. The molecule has 1 fully saturated rings. The van der Waals surface area contributed by atoms with Gasteiger partial charge in [0.05, 0.1) is 5.69 Å². The first kappa shape index (κ1) is 11.0. The molecule has 3 nitrogen and oxygen atoms in total. The predicted octanol–water partition coefficient (Wildman–Crippen LogP) is 3.23. The van der Waals surface area contributed by atoms with Crippen molar-refractivity contribution in [2.45, 2.75) is 18.9 Å². The lowest BCUT2D eigenvalue weighted by atomic mass is 10.3. The van der Waals surface area contributed by atoms with E-state index in [2.05, 4.69) is 33.2 Å². The molecule has 0 saturated heterocycles. The van der Waals surface area contributed by atoms with Crippen LogP contribution in [-0.2, 0) is 0 Å². The van der Waals surface area contributed by atoms with Crippen LogP contribution >= 0.6 is 34.2 Å². The standard InChI is InChI=1S/C10H10ClIN2O/c11-6-1-4-9(8(12)5-6)14-10(15)13-7-2-3-7/h1,4-5,7H,2-3H2,(H2,13,14,15). The molecule has 5 heteroatoms. The molecule has 15 heavy (non-hydrogen) atoms. The van der Waals surface area contributed by atoms with Crippen LogP contribution in [0.3, 0.4) is 0 Å². The Bertz CT molecular complexity index is 393. The zero-order chi connectivity index (χ0) is 10.8. The summed E-state index contributed by atoms with van der Waals surface area (Å²) >= 11 is 7.96. The van der Waals surface area contributed by atoms with Gasteiger partial charge < -0.3 is 10.6 Å². The van der Waals surface area contributed by atoms with Gasteiger partial charge in [0.15, 0.2) is 0 Å². The van der Waals surface area contributed by atoms with Crippen LogP contribution in [0.25, 0.3) is 0 Å². The average Bonchev–Trinajstić information content (AvgIpc) is 2.94. The van der Waals surface area contributed by atoms with E-state index in [1.165, 1.54) is 0 Å². The first-order chi connectivity index (χ1) is 7.15. The van der Waals surface area contributed by atoms with Gasteiger partial charge in [-0.05, 0) is 53.6 Å². The third-order valence-corrected chi connectivity index (χ3v) is 3.22. The number of hydrogen-bond donors (Lipinski definition) is 2. The molecule has 0 radical (unpaired) electrons. The van der Waals surface area contributed by atoms with Crippen molar-refractivity contribution < 1.29 is 4.79 Å². The smallest absolute Gasteiger partial charge is 0.319 e. The van der Waals surface area contributed by atoms with E-state index in [0.717, 1.165) is 22.1 Å². The highest BCUT2D eigenvalue weighted by Crippen LogP contribution is 2.23. The van der Waals surface area contributed by atoms with Gasteiger partial charge >= 0.3 is 6.03 Å². The minimum atomic E-state index is -0.141. The van der Waals surface area contributed by atoms with Crippen LogP contribution < -0.4 is 10.6 Å². The summed E-state index contributed by atoms with van der Waals surface area (Å²) in [7, 11) is 0. The van der Waals surface area contributed by atoms with Gasteiger partial charge in [-0.3, -0.25) is 0 Å². The first-order valence-corrected chi connectivity index (χ1v) is 6.13. The Balaban J connectivity index is 1.99. The molecule has 0 spiro atoms. The van der Waals surface area contributed by atoms with Crippen LogP contribution in [0.4, 0.5) is 10.5 Å². The van der Waals surface area contributed by atoms with Gasteiger partial charge in [0.2, 0.25) is 0 Å². The maximum atomic E-state index is 11.4. The monoisotopic (exact) mass is 336 g/mol. The molecule has 0 aromatic heterocycles. The molecule has 2 N–H and O–H groups in total. The number of carbonyl (C=O) groups excluding carboxylic acids is 1. The fourth-order valence-corrected chi connectivity index (χ4v) is 2.17. The predicted molar refractivity (Wildman–Crippen MR) is 69.3 cm³/mol. The molecule has 0 unspecified atom stereocenters. The molecule has 80 valence electrons. The SMILES string of the molecule is O=C(Nc1ccc(Cl)cc1I)NC1CC1. The number of hydrogen-bond acceptors (Lipinski definition) is 1. The van der Waals surface area contributed by atoms with Gasteiger partial charge in [-0.25, -0.2) is 4.79 Å². The van der Waals surface area contributed by atoms with Gasteiger partial charge in [0.25, 0.3) is 0 Å². The Kier molecular flexibility index (Phi) is 3.35. The number of nitrogens with one attached hydrogen (secondary N) is 2. The third-order valence-electron chi connectivity index (χ3n) is 2.09. The summed E-state index contributed by atoms with van der Waals surface area (Å²) in [6.45, 7) is 0. The number of benzene rings is 1. The summed E-state index contributed by atoms with van der Waals surface area (Å²) in [6.07, 6.45) is 2.18. The second-order valence-electron chi connectivity index (χ2n) is 3.50. The van der Waals surface area contributed by atoms with E-state index in [-0.39, 0.29) is 6.03 Å². The Morgan fingerprint density at radius 2 is 2.20 bits per heavy atom. The summed E-state index contributed by atoms with van der Waals surface area (Å²) in [5, 5.41) is 6.32. The largest absolute Gasteiger partial charge is 0.335 e. The van der Waals surface area contributed by atoms with Crippen molar-refractivity contribution in [3.05, 3.63) is 26.8 Å². The molecule has 1 saturated carbocycles. The van der Waals surface area contributed by atoms with Crippen molar-refractivity contribution in [1.82, 2.24) is 5.32 Å². The number of amides is 2. The molecule has 1 aromatic carbocycles. The number of halogens is 2. The van der Waals surface area contributed by atoms with Gasteiger partial charge in [-0.2, -0.15) is 0 Å². The van der Waals surface area contributed by atoms with E-state index < -0.39 is 0 Å². The quantitative estimate of drug-likeness (QED) is 0.800. The lowest BCUT2D eigenvalue weighted by Gasteiger charge is -2.08. The minimum Gasteiger partial charge on any atom is -0.335 e. The minimum absolute atomic E-state index is 0.141. The van der Waals surface area contributed by atoms with Crippen LogP contribution in [0.2, 0.25) is 5.02 Å². The molecular formula is C10H10ClIN2O. The maximum absolute atomic E-state index is 11.4. The van der Waals surface area contributed by atoms with Crippen LogP contribution in [-0.4, -0.2) is 12.1 Å². The van der Waals surface area contributed by atoms with E-state index in [0.29, 0.717) is 11.1 Å². The Morgan fingerprint density at radius 3 is 2.80 bits per heavy atom. The molecule has 0 aliphatic heterocycles. The van der Waals surface area contributed by atoms with Crippen LogP contribution in [0.1, 0.15) is 12.8 Å². The molecule has 1 aliphatic rings. The van der Waals surface area contributed by atoms with Crippen LogP contribution in [0.5, 0.6) is 0 Å². The van der Waals surface area contributed by atoms with E-state index >= 15 is 0 Å². The van der Waals surface area contributed by atoms with Crippen molar-refractivity contribution in [3.63, 3.8) is 0 Å². The molecule has 0 heterocycles. The fraction of sp³-hybridized carbons (Fsp3) is 0.300. The van der Waals surface area contributed by atoms with Gasteiger partial charge in [-0.15, -0.1) is 0 Å². The fourth-order valence-electron chi connectivity index (χ4n) is 1.16. The van der Waals surface area contributed by atoms with E-state index in [9.17, 15) is 4.79 Å². The third kappa shape index (κ3) is 3.24. The molecule has 2 rings (SSSR count). The Labute approximate surface area is 107 Å². The maximum Gasteiger partial charge on any atom is 0.319 e. The van der Waals surface area contributed by atoms with Gasteiger partial charge in [0, 0.05) is 14.6 Å². The van der Waals surface area contributed by atoms with Gasteiger partial charge in [0.1, 0.15) is 0 Å². The second kappa shape index (κ2) is 4.57. The highest BCUT2D eigenvalue weighted by atomic mass is 127. The van der Waals surface area contributed by atoms with Crippen molar-refractivity contribution in [1.29, 1.82) is 0 Å². The molecular weight excluding hydrogens is 326 g/mol. The number of carbonyl (C=O) groups is 1. The van der Waals surface area contributed by atoms with E-state index in [1.807, 2.05) is 6.07 Å². The molecule has 1 aromatic rings. The molecule has 2 amide bonds. The zero-order valence-corrected chi connectivity index (χ0v) is 10.8. The van der Waals surface area contributed by atoms with Crippen LogP contribution in [0, 0.1) is 3.57 Å². The number of anilines is 1. The summed E-state index contributed by atoms with van der Waals surface area (Å²) < 4.78 is 0.936. The zero-order valence-electron chi connectivity index (χ0n) is 7.89.